The smallest absolute Gasteiger partial charge is 0.418 e. The van der Waals surface area contributed by atoms with Crippen LogP contribution in [-0.2, 0) is 30.0 Å². The van der Waals surface area contributed by atoms with Crippen LogP contribution in [-0.4, -0.2) is 36.1 Å². The van der Waals surface area contributed by atoms with Gasteiger partial charge in [0.2, 0.25) is 11.8 Å². The van der Waals surface area contributed by atoms with Crippen molar-refractivity contribution in [3.8, 4) is 0 Å². The number of nitrogens with zero attached hydrogens (tertiary/aromatic N) is 1. The molecule has 1 aromatic rings. The fourth-order valence-electron chi connectivity index (χ4n) is 4.03. The molecule has 0 aromatic heterocycles. The Balaban J connectivity index is 1.74. The molecule has 2 bridgehead atoms. The summed E-state index contributed by atoms with van der Waals surface area (Å²) in [5.74, 6) is -4.12. The van der Waals surface area contributed by atoms with Crippen molar-refractivity contribution in [3.63, 3.8) is 0 Å². The second-order valence-corrected chi connectivity index (χ2v) is 6.71. The molecule has 3 aliphatic heterocycles. The first kappa shape index (κ1) is 17.7. The largest absolute Gasteiger partial charge is 0.462 e. The number of para-hydroxylation sites is 1. The highest BCUT2D eigenvalue weighted by Crippen LogP contribution is 2.53. The van der Waals surface area contributed by atoms with Gasteiger partial charge in [-0.3, -0.25) is 14.4 Å². The molecule has 6 nitrogen and oxygen atoms in total. The molecule has 0 saturated carbocycles. The minimum absolute atomic E-state index is 0.287. The molecular formula is C18H14F3NO5. The predicted molar refractivity (Wildman–Crippen MR) is 84.3 cm³/mol. The van der Waals surface area contributed by atoms with Crippen LogP contribution in [0, 0.1) is 11.8 Å². The molecule has 2 saturated heterocycles. The van der Waals surface area contributed by atoms with E-state index in [0.717, 1.165) is 12.1 Å². The third kappa shape index (κ3) is 2.48. The number of esters is 1. The number of alkyl halides is 3. The molecule has 9 heteroatoms. The zero-order chi connectivity index (χ0) is 19.6. The molecule has 0 spiro atoms. The molecule has 1 aromatic carbocycles. The summed E-state index contributed by atoms with van der Waals surface area (Å²) in [6.07, 6.45) is -2.34. The molecule has 0 unspecified atom stereocenters. The number of rotatable bonds is 3. The average Bonchev–Trinajstić information content (AvgIpc) is 3.23. The van der Waals surface area contributed by atoms with Gasteiger partial charge in [0, 0.05) is 6.92 Å². The van der Waals surface area contributed by atoms with E-state index in [-0.39, 0.29) is 6.61 Å². The maximum Gasteiger partial charge on any atom is 0.418 e. The van der Waals surface area contributed by atoms with Gasteiger partial charge in [0.05, 0.1) is 29.2 Å². The molecule has 2 amide bonds. The topological polar surface area (TPSA) is 72.9 Å². The molecular weight excluding hydrogens is 367 g/mol. The van der Waals surface area contributed by atoms with Crippen LogP contribution in [0.25, 0.3) is 0 Å². The summed E-state index contributed by atoms with van der Waals surface area (Å²) < 4.78 is 50.8. The number of hydrogen-bond donors (Lipinski definition) is 0. The number of halogens is 3. The lowest BCUT2D eigenvalue weighted by molar-refractivity contribution is -0.151. The maximum atomic E-state index is 13.4. The Hall–Kier alpha value is -2.68. The lowest BCUT2D eigenvalue weighted by Crippen LogP contribution is -2.44. The first-order chi connectivity index (χ1) is 12.7. The number of hydrogen-bond acceptors (Lipinski definition) is 5. The monoisotopic (exact) mass is 381 g/mol. The molecule has 0 radical (unpaired) electrons. The average molecular weight is 381 g/mol. The number of imide groups is 1. The van der Waals surface area contributed by atoms with Crippen molar-refractivity contribution in [3.05, 3.63) is 42.0 Å². The summed E-state index contributed by atoms with van der Waals surface area (Å²) in [4.78, 5) is 37.6. The van der Waals surface area contributed by atoms with Crippen molar-refractivity contribution >= 4 is 23.5 Å². The second-order valence-electron chi connectivity index (χ2n) is 6.71. The van der Waals surface area contributed by atoms with Crippen molar-refractivity contribution in [2.24, 2.45) is 11.8 Å². The van der Waals surface area contributed by atoms with Crippen LogP contribution in [0.2, 0.25) is 0 Å². The SMILES string of the molecule is CC(=O)OC[C@@]12C=C[C@@H](O1)[C@H]1C(=O)N(c3ccccc3C(F)(F)F)C(=O)[C@@H]12. The van der Waals surface area contributed by atoms with Crippen LogP contribution in [0.15, 0.2) is 36.4 Å². The minimum atomic E-state index is -4.72. The second kappa shape index (κ2) is 5.66. The van der Waals surface area contributed by atoms with Crippen LogP contribution in [0.4, 0.5) is 18.9 Å². The van der Waals surface area contributed by atoms with Gasteiger partial charge in [0.1, 0.15) is 12.2 Å². The van der Waals surface area contributed by atoms with Crippen molar-refractivity contribution in [2.75, 3.05) is 11.5 Å². The lowest BCUT2D eigenvalue weighted by atomic mass is 9.77. The van der Waals surface area contributed by atoms with Gasteiger partial charge in [0.25, 0.3) is 0 Å². The third-order valence-corrected chi connectivity index (χ3v) is 5.11. The fourth-order valence-corrected chi connectivity index (χ4v) is 4.03. The number of anilines is 1. The zero-order valence-corrected chi connectivity index (χ0v) is 14.0. The van der Waals surface area contributed by atoms with E-state index in [4.69, 9.17) is 9.47 Å². The highest BCUT2D eigenvalue weighted by Gasteiger charge is 2.68. The molecule has 0 N–H and O–H groups in total. The summed E-state index contributed by atoms with van der Waals surface area (Å²) in [5.41, 5.74) is -2.91. The maximum absolute atomic E-state index is 13.4. The van der Waals surface area contributed by atoms with Crippen molar-refractivity contribution < 1.29 is 37.0 Å². The lowest BCUT2D eigenvalue weighted by Gasteiger charge is -2.28. The van der Waals surface area contributed by atoms with Crippen LogP contribution in [0.3, 0.4) is 0 Å². The van der Waals surface area contributed by atoms with E-state index in [1.165, 1.54) is 19.1 Å². The van der Waals surface area contributed by atoms with Gasteiger partial charge in [-0.05, 0) is 18.2 Å². The Labute approximate surface area is 151 Å². The van der Waals surface area contributed by atoms with Crippen molar-refractivity contribution in [2.45, 2.75) is 24.8 Å². The molecule has 2 fully saturated rings. The summed E-state index contributed by atoms with van der Waals surface area (Å²) in [5, 5.41) is 0. The third-order valence-electron chi connectivity index (χ3n) is 5.11. The van der Waals surface area contributed by atoms with E-state index < -0.39 is 58.8 Å². The molecule has 27 heavy (non-hydrogen) atoms. The molecule has 3 aliphatic rings. The van der Waals surface area contributed by atoms with Crippen LogP contribution in [0.5, 0.6) is 0 Å². The fraction of sp³-hybridized carbons (Fsp3) is 0.389. The summed E-state index contributed by atoms with van der Waals surface area (Å²) in [6, 6.07) is 4.43. The minimum Gasteiger partial charge on any atom is -0.462 e. The number of carbonyl (C=O) groups is 3. The van der Waals surface area contributed by atoms with E-state index in [1.54, 1.807) is 12.2 Å². The van der Waals surface area contributed by atoms with Gasteiger partial charge in [-0.2, -0.15) is 13.2 Å². The quantitative estimate of drug-likeness (QED) is 0.455. The number of benzene rings is 1. The highest BCUT2D eigenvalue weighted by molar-refractivity contribution is 6.23. The Morgan fingerprint density at radius 1 is 1.26 bits per heavy atom. The zero-order valence-electron chi connectivity index (χ0n) is 14.0. The predicted octanol–water partition coefficient (Wildman–Crippen LogP) is 2.08. The highest BCUT2D eigenvalue weighted by atomic mass is 19.4. The van der Waals surface area contributed by atoms with Crippen LogP contribution in [0.1, 0.15) is 12.5 Å². The van der Waals surface area contributed by atoms with Crippen LogP contribution >= 0.6 is 0 Å². The number of fused-ring (bicyclic) bond motifs is 5. The molecule has 4 atom stereocenters. The summed E-state index contributed by atoms with van der Waals surface area (Å²) in [6.45, 7) is 0.900. The summed E-state index contributed by atoms with van der Waals surface area (Å²) >= 11 is 0. The van der Waals surface area contributed by atoms with Gasteiger partial charge in [-0.15, -0.1) is 0 Å². The van der Waals surface area contributed by atoms with E-state index >= 15 is 0 Å². The molecule has 4 rings (SSSR count). The molecule has 142 valence electrons. The molecule has 0 aliphatic carbocycles. The van der Waals surface area contributed by atoms with E-state index in [9.17, 15) is 27.6 Å². The van der Waals surface area contributed by atoms with Gasteiger partial charge >= 0.3 is 12.1 Å². The number of amides is 2. The van der Waals surface area contributed by atoms with Crippen molar-refractivity contribution in [1.82, 2.24) is 0 Å². The first-order valence-electron chi connectivity index (χ1n) is 8.20. The van der Waals surface area contributed by atoms with Gasteiger partial charge in [0.15, 0.2) is 0 Å². The Kier molecular flexibility index (Phi) is 3.71. The van der Waals surface area contributed by atoms with Crippen molar-refractivity contribution in [1.29, 1.82) is 0 Å². The van der Waals surface area contributed by atoms with Crippen LogP contribution < -0.4 is 4.90 Å². The summed E-state index contributed by atoms with van der Waals surface area (Å²) in [7, 11) is 0. The normalized spacial score (nSPS) is 31.6. The van der Waals surface area contributed by atoms with E-state index in [2.05, 4.69) is 0 Å². The standard InChI is InChI=1S/C18H14F3NO5/c1-9(23)26-8-17-7-6-12(27-17)13-14(17)16(25)22(15(13)24)11-5-3-2-4-10(11)18(19,20)21/h2-7,12-14H,8H2,1H3/t12-,13-,14-,17-/m1/s1. The first-order valence-corrected chi connectivity index (χ1v) is 8.20. The van der Waals surface area contributed by atoms with E-state index in [0.29, 0.717) is 4.90 Å². The Bertz CT molecular complexity index is 880. The van der Waals surface area contributed by atoms with Gasteiger partial charge < -0.3 is 9.47 Å². The Morgan fingerprint density at radius 3 is 2.63 bits per heavy atom. The van der Waals surface area contributed by atoms with Gasteiger partial charge in [-0.25, -0.2) is 4.90 Å². The number of ether oxygens (including phenoxy) is 2. The van der Waals surface area contributed by atoms with E-state index in [1.807, 2.05) is 0 Å². The van der Waals surface area contributed by atoms with Gasteiger partial charge in [-0.1, -0.05) is 18.2 Å². The molecule has 3 heterocycles. The Morgan fingerprint density at radius 2 is 1.96 bits per heavy atom. The number of carbonyl (C=O) groups excluding carboxylic acids is 3.